The number of hydrogen-bond acceptors (Lipinski definition) is 5. The van der Waals surface area contributed by atoms with Crippen molar-refractivity contribution in [2.45, 2.75) is 18.9 Å². The van der Waals surface area contributed by atoms with E-state index in [-0.39, 0.29) is 5.69 Å². The highest BCUT2D eigenvalue weighted by Crippen LogP contribution is 2.32. The summed E-state index contributed by atoms with van der Waals surface area (Å²) in [6, 6.07) is 4.34. The largest absolute Gasteiger partial charge is 0.398 e. The van der Waals surface area contributed by atoms with E-state index in [0.717, 1.165) is 12.8 Å². The van der Waals surface area contributed by atoms with E-state index in [0.29, 0.717) is 23.8 Å². The van der Waals surface area contributed by atoms with Crippen molar-refractivity contribution in [3.05, 3.63) is 28.3 Å². The number of anilines is 2. The lowest BCUT2D eigenvalue weighted by Gasteiger charge is -2.12. The molecule has 0 amide bonds. The van der Waals surface area contributed by atoms with Crippen molar-refractivity contribution in [1.29, 1.82) is 0 Å². The van der Waals surface area contributed by atoms with Gasteiger partial charge in [-0.3, -0.25) is 10.1 Å². The van der Waals surface area contributed by atoms with Crippen LogP contribution in [-0.2, 0) is 0 Å². The first-order valence-electron chi connectivity index (χ1n) is 5.53. The number of aliphatic hydroxyl groups excluding tert-OH is 1. The number of nitrogen functional groups attached to an aromatic ring is 1. The highest BCUT2D eigenvalue weighted by molar-refractivity contribution is 5.61. The number of nitro groups is 1. The van der Waals surface area contributed by atoms with Gasteiger partial charge in [0.2, 0.25) is 0 Å². The van der Waals surface area contributed by atoms with Gasteiger partial charge in [0.05, 0.1) is 11.0 Å². The quantitative estimate of drug-likeness (QED) is 0.407. The SMILES string of the molecule is Nc1cc(NCC(O)C2CC2)cc([N+](=O)[O-])c1. The smallest absolute Gasteiger partial charge is 0.273 e. The molecule has 0 radical (unpaired) electrons. The van der Waals surface area contributed by atoms with Crippen LogP contribution in [0.15, 0.2) is 18.2 Å². The van der Waals surface area contributed by atoms with Crippen LogP contribution in [0.25, 0.3) is 0 Å². The Bertz CT molecular complexity index is 432. The second-order valence-electron chi connectivity index (χ2n) is 4.36. The molecule has 1 fully saturated rings. The second kappa shape index (κ2) is 4.58. The maximum Gasteiger partial charge on any atom is 0.273 e. The number of nitrogens with zero attached hydrogens (tertiary/aromatic N) is 1. The molecule has 1 aliphatic carbocycles. The minimum Gasteiger partial charge on any atom is -0.398 e. The lowest BCUT2D eigenvalue weighted by Crippen LogP contribution is -2.21. The van der Waals surface area contributed by atoms with E-state index >= 15 is 0 Å². The van der Waals surface area contributed by atoms with Crippen LogP contribution in [0.5, 0.6) is 0 Å². The Kier molecular flexibility index (Phi) is 3.14. The van der Waals surface area contributed by atoms with Crippen LogP contribution in [0.3, 0.4) is 0 Å². The minimum atomic E-state index is -0.487. The van der Waals surface area contributed by atoms with Crippen LogP contribution in [0.4, 0.5) is 17.1 Å². The summed E-state index contributed by atoms with van der Waals surface area (Å²) >= 11 is 0. The molecule has 6 heteroatoms. The monoisotopic (exact) mass is 237 g/mol. The fraction of sp³-hybridized carbons (Fsp3) is 0.455. The van der Waals surface area contributed by atoms with E-state index in [2.05, 4.69) is 5.32 Å². The molecule has 0 spiro atoms. The van der Waals surface area contributed by atoms with Gasteiger partial charge in [-0.2, -0.15) is 0 Å². The molecule has 92 valence electrons. The van der Waals surface area contributed by atoms with Gasteiger partial charge in [-0.25, -0.2) is 0 Å². The van der Waals surface area contributed by atoms with Crippen LogP contribution >= 0.6 is 0 Å². The van der Waals surface area contributed by atoms with Gasteiger partial charge in [0, 0.05) is 30.1 Å². The molecule has 1 aliphatic rings. The molecule has 0 saturated heterocycles. The standard InChI is InChI=1S/C11H15N3O3/c12-8-3-9(5-10(4-8)14(16)17)13-6-11(15)7-1-2-7/h3-5,7,11,13,15H,1-2,6,12H2. The highest BCUT2D eigenvalue weighted by Gasteiger charge is 2.29. The molecule has 2 rings (SSSR count). The van der Waals surface area contributed by atoms with Gasteiger partial charge in [-0.05, 0) is 24.8 Å². The highest BCUT2D eigenvalue weighted by atomic mass is 16.6. The topological polar surface area (TPSA) is 101 Å². The zero-order valence-corrected chi connectivity index (χ0v) is 9.30. The first-order chi connectivity index (χ1) is 8.06. The van der Waals surface area contributed by atoms with Gasteiger partial charge in [0.1, 0.15) is 0 Å². The van der Waals surface area contributed by atoms with Crippen LogP contribution < -0.4 is 11.1 Å². The van der Waals surface area contributed by atoms with E-state index in [4.69, 9.17) is 5.73 Å². The molecule has 1 aromatic carbocycles. The Balaban J connectivity index is 2.01. The number of nitro benzene ring substituents is 1. The van der Waals surface area contributed by atoms with Crippen LogP contribution in [0.2, 0.25) is 0 Å². The maximum absolute atomic E-state index is 10.6. The van der Waals surface area contributed by atoms with E-state index in [9.17, 15) is 15.2 Å². The lowest BCUT2D eigenvalue weighted by atomic mass is 10.2. The number of aliphatic hydroxyl groups is 1. The molecule has 1 unspecified atom stereocenters. The summed E-state index contributed by atoms with van der Waals surface area (Å²) in [7, 11) is 0. The second-order valence-corrected chi connectivity index (χ2v) is 4.36. The fourth-order valence-electron chi connectivity index (χ4n) is 1.71. The van der Waals surface area contributed by atoms with Crippen LogP contribution in [0.1, 0.15) is 12.8 Å². The molecular weight excluding hydrogens is 222 g/mol. The predicted octanol–water partition coefficient (Wildman–Crippen LogP) is 1.36. The third-order valence-corrected chi connectivity index (χ3v) is 2.83. The van der Waals surface area contributed by atoms with Crippen molar-refractivity contribution < 1.29 is 10.0 Å². The molecule has 17 heavy (non-hydrogen) atoms. The Morgan fingerprint density at radius 1 is 1.53 bits per heavy atom. The number of nitrogens with one attached hydrogen (secondary N) is 1. The van der Waals surface area contributed by atoms with Gasteiger partial charge in [0.15, 0.2) is 0 Å². The normalized spacial score (nSPS) is 16.5. The average Bonchev–Trinajstić information content (AvgIpc) is 3.08. The summed E-state index contributed by atoms with van der Waals surface area (Å²) < 4.78 is 0. The summed E-state index contributed by atoms with van der Waals surface area (Å²) in [6.07, 6.45) is 1.72. The van der Waals surface area contributed by atoms with Crippen LogP contribution in [0, 0.1) is 16.0 Å². The number of non-ortho nitro benzene ring substituents is 1. The van der Waals surface area contributed by atoms with Crippen molar-refractivity contribution >= 4 is 17.1 Å². The zero-order valence-electron chi connectivity index (χ0n) is 9.30. The molecular formula is C11H15N3O3. The van der Waals surface area contributed by atoms with E-state index in [1.54, 1.807) is 6.07 Å². The Hall–Kier alpha value is -1.82. The fourth-order valence-corrected chi connectivity index (χ4v) is 1.71. The number of hydrogen-bond donors (Lipinski definition) is 3. The minimum absolute atomic E-state index is 0.0478. The molecule has 1 atom stereocenters. The Labute approximate surface area is 98.6 Å². The Morgan fingerprint density at radius 2 is 2.24 bits per heavy atom. The van der Waals surface area contributed by atoms with E-state index < -0.39 is 11.0 Å². The molecule has 6 nitrogen and oxygen atoms in total. The van der Waals surface area contributed by atoms with Gasteiger partial charge >= 0.3 is 0 Å². The molecule has 1 aromatic rings. The van der Waals surface area contributed by atoms with Crippen LogP contribution in [-0.4, -0.2) is 22.7 Å². The number of rotatable bonds is 5. The zero-order chi connectivity index (χ0) is 12.4. The molecule has 1 saturated carbocycles. The Morgan fingerprint density at radius 3 is 2.82 bits per heavy atom. The summed E-state index contributed by atoms with van der Waals surface area (Å²) in [4.78, 5) is 10.1. The molecule has 0 heterocycles. The lowest BCUT2D eigenvalue weighted by molar-refractivity contribution is -0.384. The van der Waals surface area contributed by atoms with Gasteiger partial charge in [0.25, 0.3) is 5.69 Å². The van der Waals surface area contributed by atoms with Crippen molar-refractivity contribution in [1.82, 2.24) is 0 Å². The molecule has 0 bridgehead atoms. The number of benzene rings is 1. The molecule has 4 N–H and O–H groups in total. The van der Waals surface area contributed by atoms with Crippen molar-refractivity contribution in [2.75, 3.05) is 17.6 Å². The average molecular weight is 237 g/mol. The summed E-state index contributed by atoms with van der Waals surface area (Å²) in [6.45, 7) is 0.394. The molecule has 0 aliphatic heterocycles. The maximum atomic E-state index is 10.6. The van der Waals surface area contributed by atoms with Crippen molar-refractivity contribution in [3.63, 3.8) is 0 Å². The number of nitrogens with two attached hydrogens (primary N) is 1. The summed E-state index contributed by atoms with van der Waals surface area (Å²) in [5.41, 5.74) is 6.42. The summed E-state index contributed by atoms with van der Waals surface area (Å²) in [5.74, 6) is 0.374. The third-order valence-electron chi connectivity index (χ3n) is 2.83. The van der Waals surface area contributed by atoms with Gasteiger partial charge in [-0.15, -0.1) is 0 Å². The predicted molar refractivity (Wildman–Crippen MR) is 64.7 cm³/mol. The van der Waals surface area contributed by atoms with Crippen molar-refractivity contribution in [3.8, 4) is 0 Å². The van der Waals surface area contributed by atoms with Crippen molar-refractivity contribution in [2.24, 2.45) is 5.92 Å². The first kappa shape index (κ1) is 11.7. The van der Waals surface area contributed by atoms with E-state index in [1.165, 1.54) is 12.1 Å². The van der Waals surface area contributed by atoms with Gasteiger partial charge in [-0.1, -0.05) is 0 Å². The summed E-state index contributed by atoms with van der Waals surface area (Å²) in [5, 5.41) is 23.3. The first-order valence-corrected chi connectivity index (χ1v) is 5.53. The molecule has 0 aromatic heterocycles. The van der Waals surface area contributed by atoms with E-state index in [1.807, 2.05) is 0 Å². The third kappa shape index (κ3) is 3.07. The van der Waals surface area contributed by atoms with Gasteiger partial charge < -0.3 is 16.2 Å².